The molecule has 0 bridgehead atoms. The summed E-state index contributed by atoms with van der Waals surface area (Å²) in [5.74, 6) is 0.231. The highest BCUT2D eigenvalue weighted by Gasteiger charge is 2.22. The Morgan fingerprint density at radius 2 is 1.81 bits per heavy atom. The molecular formula is C24H25ClN4O2. The van der Waals surface area contributed by atoms with Gasteiger partial charge in [-0.2, -0.15) is 0 Å². The van der Waals surface area contributed by atoms with Gasteiger partial charge < -0.3 is 15.5 Å². The van der Waals surface area contributed by atoms with Gasteiger partial charge in [0.05, 0.1) is 21.7 Å². The predicted molar refractivity (Wildman–Crippen MR) is 125 cm³/mol. The third-order valence-corrected chi connectivity index (χ3v) is 5.67. The van der Waals surface area contributed by atoms with E-state index in [2.05, 4.69) is 15.5 Å². The minimum atomic E-state index is -0.251. The van der Waals surface area contributed by atoms with Crippen LogP contribution in [0.3, 0.4) is 0 Å². The lowest BCUT2D eigenvalue weighted by Gasteiger charge is -2.20. The lowest BCUT2D eigenvalue weighted by Crippen LogP contribution is -2.25. The lowest BCUT2D eigenvalue weighted by atomic mass is 10.1. The Kier molecular flexibility index (Phi) is 6.37. The maximum Gasteiger partial charge on any atom is 0.259 e. The number of hydrogen-bond acceptors (Lipinski definition) is 4. The molecule has 2 amide bonds. The molecule has 0 aliphatic carbocycles. The number of fused-ring (bicyclic) bond motifs is 1. The van der Waals surface area contributed by atoms with Gasteiger partial charge in [0.15, 0.2) is 0 Å². The molecule has 0 unspecified atom stereocenters. The van der Waals surface area contributed by atoms with Gasteiger partial charge in [-0.3, -0.25) is 9.59 Å². The number of nitrogens with one attached hydrogen (secondary N) is 2. The Morgan fingerprint density at radius 3 is 2.55 bits per heavy atom. The molecular weight excluding hydrogens is 412 g/mol. The molecule has 2 N–H and O–H groups in total. The van der Waals surface area contributed by atoms with Gasteiger partial charge >= 0.3 is 0 Å². The topological polar surface area (TPSA) is 74.3 Å². The number of rotatable bonds is 6. The maximum atomic E-state index is 13.2. The molecule has 2 heterocycles. The third kappa shape index (κ3) is 4.64. The minimum absolute atomic E-state index is 0.222. The molecule has 1 saturated heterocycles. The number of anilines is 2. The van der Waals surface area contributed by atoms with E-state index < -0.39 is 0 Å². The Bertz CT molecular complexity index is 1130. The summed E-state index contributed by atoms with van der Waals surface area (Å²) in [5.41, 5.74) is 2.31. The quantitative estimate of drug-likeness (QED) is 0.577. The van der Waals surface area contributed by atoms with Crippen molar-refractivity contribution in [2.75, 3.05) is 29.9 Å². The molecule has 6 nitrogen and oxygen atoms in total. The molecule has 1 aromatic heterocycles. The van der Waals surface area contributed by atoms with Crippen LogP contribution in [-0.4, -0.2) is 36.4 Å². The number of nitrogens with zero attached hydrogens (tertiary/aromatic N) is 2. The molecule has 0 spiro atoms. The van der Waals surface area contributed by atoms with E-state index in [1.165, 1.54) is 0 Å². The molecule has 1 aliphatic heterocycles. The number of pyridine rings is 1. The number of halogens is 1. The summed E-state index contributed by atoms with van der Waals surface area (Å²) in [6.07, 6.45) is 3.02. The zero-order valence-electron chi connectivity index (χ0n) is 17.5. The maximum absolute atomic E-state index is 13.2. The highest BCUT2D eigenvalue weighted by atomic mass is 35.5. The Balaban J connectivity index is 1.61. The van der Waals surface area contributed by atoms with Gasteiger partial charge in [0.1, 0.15) is 5.82 Å². The average Bonchev–Trinajstić information content (AvgIpc) is 3.31. The molecule has 2 aromatic carbocycles. The first-order chi connectivity index (χ1) is 15.1. The van der Waals surface area contributed by atoms with Gasteiger partial charge in [0, 0.05) is 30.7 Å². The monoisotopic (exact) mass is 436 g/mol. The molecule has 4 rings (SSSR count). The van der Waals surface area contributed by atoms with E-state index in [-0.39, 0.29) is 11.8 Å². The van der Waals surface area contributed by atoms with Crippen LogP contribution in [0.4, 0.5) is 11.5 Å². The van der Waals surface area contributed by atoms with Crippen LogP contribution in [0.1, 0.15) is 46.9 Å². The fraction of sp³-hybridized carbons (Fsp3) is 0.292. The van der Waals surface area contributed by atoms with E-state index in [4.69, 9.17) is 16.6 Å². The number of benzene rings is 2. The number of aromatic nitrogens is 1. The van der Waals surface area contributed by atoms with Crippen LogP contribution >= 0.6 is 11.6 Å². The standard InChI is InChI=1S/C24H25ClN4O2/c1-2-11-26-23(30)18-10-9-17(15-20(18)25)27-24(31)19-14-16-7-3-4-8-21(16)28-22(19)29-12-5-6-13-29/h3-4,7-10,14-15H,2,5-6,11-13H2,1H3,(H,26,30)(H,27,31). The molecule has 160 valence electrons. The summed E-state index contributed by atoms with van der Waals surface area (Å²) in [7, 11) is 0. The second-order valence-electron chi connectivity index (χ2n) is 7.65. The van der Waals surface area contributed by atoms with Gasteiger partial charge in [-0.25, -0.2) is 4.98 Å². The van der Waals surface area contributed by atoms with Crippen molar-refractivity contribution in [3.63, 3.8) is 0 Å². The van der Waals surface area contributed by atoms with Crippen molar-refractivity contribution in [2.24, 2.45) is 0 Å². The normalized spacial score (nSPS) is 13.4. The first-order valence-corrected chi connectivity index (χ1v) is 11.0. The van der Waals surface area contributed by atoms with Crippen molar-refractivity contribution < 1.29 is 9.59 Å². The SMILES string of the molecule is CCCNC(=O)c1ccc(NC(=O)c2cc3ccccc3nc2N2CCCC2)cc1Cl. The Hall–Kier alpha value is -3.12. The van der Waals surface area contributed by atoms with Crippen LogP contribution in [0.5, 0.6) is 0 Å². The van der Waals surface area contributed by atoms with Crippen molar-refractivity contribution in [3.8, 4) is 0 Å². The van der Waals surface area contributed by atoms with E-state index in [1.54, 1.807) is 18.2 Å². The highest BCUT2D eigenvalue weighted by Crippen LogP contribution is 2.28. The minimum Gasteiger partial charge on any atom is -0.356 e. The number of hydrogen-bond donors (Lipinski definition) is 2. The molecule has 31 heavy (non-hydrogen) atoms. The summed E-state index contributed by atoms with van der Waals surface area (Å²) >= 11 is 6.31. The van der Waals surface area contributed by atoms with E-state index >= 15 is 0 Å². The summed E-state index contributed by atoms with van der Waals surface area (Å²) < 4.78 is 0. The summed E-state index contributed by atoms with van der Waals surface area (Å²) in [6, 6.07) is 14.6. The first-order valence-electron chi connectivity index (χ1n) is 10.6. The molecule has 1 fully saturated rings. The lowest BCUT2D eigenvalue weighted by molar-refractivity contribution is 0.0953. The van der Waals surface area contributed by atoms with Gasteiger partial charge in [0.2, 0.25) is 0 Å². The molecule has 0 radical (unpaired) electrons. The molecule has 0 atom stereocenters. The predicted octanol–water partition coefficient (Wildman–Crippen LogP) is 4.88. The fourth-order valence-electron chi connectivity index (χ4n) is 3.75. The highest BCUT2D eigenvalue weighted by molar-refractivity contribution is 6.34. The number of carbonyl (C=O) groups excluding carboxylic acids is 2. The zero-order valence-corrected chi connectivity index (χ0v) is 18.2. The molecule has 3 aromatic rings. The van der Waals surface area contributed by atoms with E-state index in [0.29, 0.717) is 34.2 Å². The largest absolute Gasteiger partial charge is 0.356 e. The van der Waals surface area contributed by atoms with Crippen molar-refractivity contribution in [2.45, 2.75) is 26.2 Å². The van der Waals surface area contributed by atoms with Crippen LogP contribution in [0.25, 0.3) is 10.9 Å². The molecule has 0 saturated carbocycles. The van der Waals surface area contributed by atoms with Crippen molar-refractivity contribution in [3.05, 3.63) is 64.7 Å². The molecule has 7 heteroatoms. The zero-order chi connectivity index (χ0) is 21.8. The fourth-order valence-corrected chi connectivity index (χ4v) is 4.02. The number of amides is 2. The van der Waals surface area contributed by atoms with E-state index in [1.807, 2.05) is 37.3 Å². The van der Waals surface area contributed by atoms with Gasteiger partial charge in [-0.15, -0.1) is 0 Å². The van der Waals surface area contributed by atoms with Crippen LogP contribution in [0, 0.1) is 0 Å². The second kappa shape index (κ2) is 9.35. The van der Waals surface area contributed by atoms with E-state index in [9.17, 15) is 9.59 Å². The summed E-state index contributed by atoms with van der Waals surface area (Å²) in [4.78, 5) is 32.4. The van der Waals surface area contributed by atoms with Crippen molar-refractivity contribution in [1.29, 1.82) is 0 Å². The van der Waals surface area contributed by atoms with Crippen molar-refractivity contribution >= 4 is 45.8 Å². The van der Waals surface area contributed by atoms with E-state index in [0.717, 1.165) is 43.3 Å². The number of carbonyl (C=O) groups is 2. The first kappa shape index (κ1) is 21.1. The third-order valence-electron chi connectivity index (χ3n) is 5.36. The van der Waals surface area contributed by atoms with Gasteiger partial charge in [-0.1, -0.05) is 36.7 Å². The van der Waals surface area contributed by atoms with Crippen LogP contribution in [0.2, 0.25) is 5.02 Å². The van der Waals surface area contributed by atoms with Crippen LogP contribution < -0.4 is 15.5 Å². The molecule has 1 aliphatic rings. The Morgan fingerprint density at radius 1 is 1.03 bits per heavy atom. The summed E-state index contributed by atoms with van der Waals surface area (Å²) in [5, 5.41) is 6.93. The Labute approximate surface area is 186 Å². The van der Waals surface area contributed by atoms with Crippen LogP contribution in [0.15, 0.2) is 48.5 Å². The summed E-state index contributed by atoms with van der Waals surface area (Å²) in [6.45, 7) is 4.35. The van der Waals surface area contributed by atoms with Gasteiger partial charge in [0.25, 0.3) is 11.8 Å². The smallest absolute Gasteiger partial charge is 0.259 e. The average molecular weight is 437 g/mol. The van der Waals surface area contributed by atoms with Gasteiger partial charge in [-0.05, 0) is 49.6 Å². The second-order valence-corrected chi connectivity index (χ2v) is 8.06. The number of para-hydroxylation sites is 1. The van der Waals surface area contributed by atoms with Crippen LogP contribution in [-0.2, 0) is 0 Å². The van der Waals surface area contributed by atoms with Crippen molar-refractivity contribution in [1.82, 2.24) is 10.3 Å².